The van der Waals surface area contributed by atoms with E-state index >= 15 is 0 Å². The van der Waals surface area contributed by atoms with Gasteiger partial charge in [-0.3, -0.25) is 9.59 Å². The van der Waals surface area contributed by atoms with Crippen molar-refractivity contribution in [3.8, 4) is 0 Å². The van der Waals surface area contributed by atoms with Crippen LogP contribution in [-0.4, -0.2) is 19.0 Å². The van der Waals surface area contributed by atoms with Gasteiger partial charge in [0.15, 0.2) is 0 Å². The number of esters is 1. The zero-order valence-corrected chi connectivity index (χ0v) is 11.6. The van der Waals surface area contributed by atoms with E-state index in [2.05, 4.69) is 5.32 Å². The third-order valence-corrected chi connectivity index (χ3v) is 4.18. The molecule has 0 radical (unpaired) electrons. The van der Waals surface area contributed by atoms with E-state index in [9.17, 15) is 9.59 Å². The van der Waals surface area contributed by atoms with Crippen molar-refractivity contribution in [3.63, 3.8) is 0 Å². The standard InChI is InChI=1S/C16H19NO3/c1-20-16(19)13-5-4-12-9-14(7-6-11(12)8-13)17-15(18)10-2-3-10/h6-7,9-10,13H,2-5,8H2,1H3,(H,17,18). The van der Waals surface area contributed by atoms with Gasteiger partial charge in [0, 0.05) is 11.6 Å². The van der Waals surface area contributed by atoms with Crippen LogP contribution in [0.4, 0.5) is 5.69 Å². The van der Waals surface area contributed by atoms with Crippen LogP contribution in [0.5, 0.6) is 0 Å². The fourth-order valence-electron chi connectivity index (χ4n) is 2.79. The molecule has 1 unspecified atom stereocenters. The molecule has 1 fully saturated rings. The van der Waals surface area contributed by atoms with Crippen LogP contribution in [0.1, 0.15) is 30.4 Å². The molecule has 1 aromatic rings. The van der Waals surface area contributed by atoms with Gasteiger partial charge in [0.05, 0.1) is 13.0 Å². The Kier molecular flexibility index (Phi) is 3.47. The van der Waals surface area contributed by atoms with Gasteiger partial charge in [0.1, 0.15) is 0 Å². The predicted molar refractivity (Wildman–Crippen MR) is 75.3 cm³/mol. The van der Waals surface area contributed by atoms with Crippen LogP contribution < -0.4 is 5.32 Å². The molecule has 0 spiro atoms. The van der Waals surface area contributed by atoms with Gasteiger partial charge >= 0.3 is 5.97 Å². The Morgan fingerprint density at radius 2 is 1.95 bits per heavy atom. The van der Waals surface area contributed by atoms with Crippen molar-refractivity contribution in [3.05, 3.63) is 29.3 Å². The molecule has 1 N–H and O–H groups in total. The minimum atomic E-state index is -0.123. The Hall–Kier alpha value is -1.84. The van der Waals surface area contributed by atoms with E-state index < -0.39 is 0 Å². The summed E-state index contributed by atoms with van der Waals surface area (Å²) in [5, 5.41) is 2.97. The first kappa shape index (κ1) is 13.2. The third-order valence-electron chi connectivity index (χ3n) is 4.18. The molecule has 1 aromatic carbocycles. The van der Waals surface area contributed by atoms with Crippen molar-refractivity contribution in [1.29, 1.82) is 0 Å². The molecular weight excluding hydrogens is 254 g/mol. The first-order valence-corrected chi connectivity index (χ1v) is 7.18. The number of benzene rings is 1. The van der Waals surface area contributed by atoms with E-state index in [0.29, 0.717) is 0 Å². The summed E-state index contributed by atoms with van der Waals surface area (Å²) < 4.78 is 4.82. The molecule has 106 valence electrons. The van der Waals surface area contributed by atoms with E-state index in [1.807, 2.05) is 18.2 Å². The van der Waals surface area contributed by atoms with Crippen LogP contribution in [0.2, 0.25) is 0 Å². The average Bonchev–Trinajstić information content (AvgIpc) is 3.30. The van der Waals surface area contributed by atoms with Crippen molar-refractivity contribution in [2.75, 3.05) is 12.4 Å². The summed E-state index contributed by atoms with van der Waals surface area (Å²) in [4.78, 5) is 23.3. The Morgan fingerprint density at radius 1 is 1.15 bits per heavy atom. The summed E-state index contributed by atoms with van der Waals surface area (Å²) >= 11 is 0. The van der Waals surface area contributed by atoms with Gasteiger partial charge in [-0.15, -0.1) is 0 Å². The monoisotopic (exact) mass is 273 g/mol. The summed E-state index contributed by atoms with van der Waals surface area (Å²) in [6.45, 7) is 0. The number of ether oxygens (including phenoxy) is 1. The Morgan fingerprint density at radius 3 is 2.65 bits per heavy atom. The number of amides is 1. The molecule has 1 atom stereocenters. The second kappa shape index (κ2) is 5.27. The van der Waals surface area contributed by atoms with Crippen LogP contribution in [0.15, 0.2) is 18.2 Å². The SMILES string of the molecule is COC(=O)C1CCc2cc(NC(=O)C3CC3)ccc2C1. The lowest BCUT2D eigenvalue weighted by molar-refractivity contribution is -0.145. The number of aryl methyl sites for hydroxylation is 1. The van der Waals surface area contributed by atoms with Gasteiger partial charge in [-0.2, -0.15) is 0 Å². The van der Waals surface area contributed by atoms with E-state index in [1.165, 1.54) is 18.2 Å². The summed E-state index contributed by atoms with van der Waals surface area (Å²) in [6.07, 6.45) is 4.44. The Bertz CT molecular complexity index is 549. The molecule has 4 nitrogen and oxygen atoms in total. The number of anilines is 1. The maximum Gasteiger partial charge on any atom is 0.309 e. The summed E-state index contributed by atoms with van der Waals surface area (Å²) in [7, 11) is 1.44. The Labute approximate surface area is 118 Å². The highest BCUT2D eigenvalue weighted by molar-refractivity contribution is 5.94. The number of nitrogens with one attached hydrogen (secondary N) is 1. The molecule has 3 rings (SSSR count). The summed E-state index contributed by atoms with van der Waals surface area (Å²) in [5.41, 5.74) is 3.30. The molecule has 1 amide bonds. The number of hydrogen-bond donors (Lipinski definition) is 1. The van der Waals surface area contributed by atoms with Crippen molar-refractivity contribution in [2.24, 2.45) is 11.8 Å². The number of carbonyl (C=O) groups is 2. The fourth-order valence-corrected chi connectivity index (χ4v) is 2.79. The number of fused-ring (bicyclic) bond motifs is 1. The normalized spacial score (nSPS) is 20.9. The number of carbonyl (C=O) groups excluding carboxylic acids is 2. The van der Waals surface area contributed by atoms with Crippen LogP contribution in [-0.2, 0) is 27.2 Å². The zero-order chi connectivity index (χ0) is 14.1. The largest absolute Gasteiger partial charge is 0.469 e. The molecule has 2 aliphatic carbocycles. The maximum atomic E-state index is 11.8. The van der Waals surface area contributed by atoms with Crippen LogP contribution >= 0.6 is 0 Å². The molecule has 20 heavy (non-hydrogen) atoms. The van der Waals surface area contributed by atoms with Crippen molar-refractivity contribution in [2.45, 2.75) is 32.1 Å². The molecule has 2 aliphatic rings. The zero-order valence-electron chi connectivity index (χ0n) is 11.6. The molecule has 0 heterocycles. The molecule has 0 saturated heterocycles. The highest BCUT2D eigenvalue weighted by Gasteiger charge is 2.30. The van der Waals surface area contributed by atoms with Crippen molar-refractivity contribution < 1.29 is 14.3 Å². The smallest absolute Gasteiger partial charge is 0.309 e. The summed E-state index contributed by atoms with van der Waals surface area (Å²) in [5.74, 6) is 0.198. The van der Waals surface area contributed by atoms with E-state index in [-0.39, 0.29) is 23.7 Å². The van der Waals surface area contributed by atoms with Crippen LogP contribution in [0.3, 0.4) is 0 Å². The minimum Gasteiger partial charge on any atom is -0.469 e. The maximum absolute atomic E-state index is 11.8. The lowest BCUT2D eigenvalue weighted by Gasteiger charge is -2.23. The van der Waals surface area contributed by atoms with E-state index in [0.717, 1.165) is 37.8 Å². The second-order valence-electron chi connectivity index (χ2n) is 5.71. The average molecular weight is 273 g/mol. The molecule has 0 aliphatic heterocycles. The first-order valence-electron chi connectivity index (χ1n) is 7.18. The third kappa shape index (κ3) is 2.69. The Balaban J connectivity index is 1.71. The van der Waals surface area contributed by atoms with Gasteiger partial charge in [-0.1, -0.05) is 6.07 Å². The number of methoxy groups -OCH3 is 1. The number of rotatable bonds is 3. The predicted octanol–water partition coefficient (Wildman–Crippen LogP) is 2.31. The molecular formula is C16H19NO3. The molecule has 0 bridgehead atoms. The van der Waals surface area contributed by atoms with Crippen LogP contribution in [0, 0.1) is 11.8 Å². The van der Waals surface area contributed by atoms with Crippen molar-refractivity contribution >= 4 is 17.6 Å². The summed E-state index contributed by atoms with van der Waals surface area (Å²) in [6, 6.07) is 5.99. The van der Waals surface area contributed by atoms with Gasteiger partial charge in [0.2, 0.25) is 5.91 Å². The highest BCUT2D eigenvalue weighted by Crippen LogP contribution is 2.32. The molecule has 4 heteroatoms. The number of hydrogen-bond acceptors (Lipinski definition) is 3. The fraction of sp³-hybridized carbons (Fsp3) is 0.500. The first-order chi connectivity index (χ1) is 9.67. The van der Waals surface area contributed by atoms with E-state index in [1.54, 1.807) is 0 Å². The van der Waals surface area contributed by atoms with Crippen LogP contribution in [0.25, 0.3) is 0 Å². The molecule has 0 aromatic heterocycles. The van der Waals surface area contributed by atoms with Gasteiger partial charge in [0.25, 0.3) is 0 Å². The lowest BCUT2D eigenvalue weighted by atomic mass is 9.84. The minimum absolute atomic E-state index is 0.0283. The second-order valence-corrected chi connectivity index (χ2v) is 5.71. The lowest BCUT2D eigenvalue weighted by Crippen LogP contribution is -2.24. The molecule has 1 saturated carbocycles. The van der Waals surface area contributed by atoms with E-state index in [4.69, 9.17) is 4.74 Å². The van der Waals surface area contributed by atoms with Gasteiger partial charge in [-0.25, -0.2) is 0 Å². The highest BCUT2D eigenvalue weighted by atomic mass is 16.5. The topological polar surface area (TPSA) is 55.4 Å². The van der Waals surface area contributed by atoms with Crippen molar-refractivity contribution in [1.82, 2.24) is 0 Å². The van der Waals surface area contributed by atoms with Gasteiger partial charge in [-0.05, 0) is 55.4 Å². The van der Waals surface area contributed by atoms with Gasteiger partial charge < -0.3 is 10.1 Å². The quantitative estimate of drug-likeness (QED) is 0.860.